The number of hydrogen-bond acceptors (Lipinski definition) is 4. The second-order valence-electron chi connectivity index (χ2n) is 7.00. The Kier molecular flexibility index (Phi) is 5.83. The van der Waals surface area contributed by atoms with Crippen LogP contribution < -0.4 is 16.0 Å². The van der Waals surface area contributed by atoms with Crippen LogP contribution in [0.5, 0.6) is 0 Å². The van der Waals surface area contributed by atoms with E-state index in [1.54, 1.807) is 18.2 Å². The summed E-state index contributed by atoms with van der Waals surface area (Å²) in [4.78, 5) is 21.0. The van der Waals surface area contributed by atoms with Crippen molar-refractivity contribution in [2.24, 2.45) is 0 Å². The van der Waals surface area contributed by atoms with Crippen molar-refractivity contribution in [3.63, 3.8) is 0 Å². The minimum absolute atomic E-state index is 0.160. The van der Waals surface area contributed by atoms with Gasteiger partial charge in [0, 0.05) is 36.8 Å². The van der Waals surface area contributed by atoms with Gasteiger partial charge in [0.2, 0.25) is 0 Å². The summed E-state index contributed by atoms with van der Waals surface area (Å²) in [5.41, 5.74) is 2.58. The van der Waals surface area contributed by atoms with Gasteiger partial charge in [0.15, 0.2) is 0 Å². The van der Waals surface area contributed by atoms with Gasteiger partial charge in [-0.1, -0.05) is 12.1 Å². The number of aryl methyl sites for hydroxylation is 1. The van der Waals surface area contributed by atoms with Crippen LogP contribution in [0.4, 0.5) is 25.2 Å². The summed E-state index contributed by atoms with van der Waals surface area (Å²) in [6.45, 7) is 1.34. The van der Waals surface area contributed by atoms with Gasteiger partial charge in [0.1, 0.15) is 23.3 Å². The third-order valence-electron chi connectivity index (χ3n) is 4.82. The Morgan fingerprint density at radius 1 is 1.10 bits per heavy atom. The molecule has 2 amide bonds. The monoisotopic (exact) mass is 409 g/mol. The molecule has 30 heavy (non-hydrogen) atoms. The molecule has 4 rings (SSSR count). The molecule has 1 aromatic carbocycles. The Labute approximate surface area is 172 Å². The lowest BCUT2D eigenvalue weighted by Gasteiger charge is -2.17. The number of halogens is 2. The molecule has 154 valence electrons. The second-order valence-corrected chi connectivity index (χ2v) is 7.00. The fraction of sp³-hybridized carbons (Fsp3) is 0.227. The van der Waals surface area contributed by atoms with Crippen LogP contribution in [-0.4, -0.2) is 29.1 Å². The van der Waals surface area contributed by atoms with E-state index in [1.807, 2.05) is 6.07 Å². The zero-order chi connectivity index (χ0) is 20.9. The largest absolute Gasteiger partial charge is 0.370 e. The average molecular weight is 409 g/mol. The minimum atomic E-state index is -0.712. The van der Waals surface area contributed by atoms with Crippen LogP contribution in [0.15, 0.2) is 48.5 Å². The number of aromatic nitrogens is 2. The van der Waals surface area contributed by atoms with Gasteiger partial charge < -0.3 is 10.6 Å². The number of carbonyl (C=O) groups is 1. The smallest absolute Gasteiger partial charge is 0.320 e. The number of pyridine rings is 2. The van der Waals surface area contributed by atoms with Crippen molar-refractivity contribution in [3.8, 4) is 11.3 Å². The lowest BCUT2D eigenvalue weighted by molar-refractivity contribution is 0.252. The molecule has 2 aromatic heterocycles. The summed E-state index contributed by atoms with van der Waals surface area (Å²) in [5, 5.41) is 8.69. The van der Waals surface area contributed by atoms with Crippen molar-refractivity contribution in [1.82, 2.24) is 15.3 Å². The average Bonchev–Trinajstić information content (AvgIpc) is 2.74. The van der Waals surface area contributed by atoms with E-state index in [9.17, 15) is 13.6 Å². The second kappa shape index (κ2) is 8.86. The van der Waals surface area contributed by atoms with E-state index in [-0.39, 0.29) is 11.4 Å². The standard InChI is InChI=1S/C22H21F2N5O/c23-15-7-9-17(18(24)13-15)19-4-1-5-20(28-19)29-22(30)26-12-10-16-8-6-14-3-2-11-25-21(14)27-16/h1,4-9,13H,2-3,10-12H2,(H,25,27)(H2,26,28,29,30). The zero-order valence-corrected chi connectivity index (χ0v) is 16.2. The molecule has 8 heteroatoms. The maximum absolute atomic E-state index is 14.0. The van der Waals surface area contributed by atoms with E-state index < -0.39 is 17.7 Å². The molecule has 0 bridgehead atoms. The number of amides is 2. The first-order valence-corrected chi connectivity index (χ1v) is 9.78. The van der Waals surface area contributed by atoms with Crippen molar-refractivity contribution in [3.05, 3.63) is 71.4 Å². The molecule has 0 saturated heterocycles. The molecule has 1 aliphatic heterocycles. The molecule has 0 radical (unpaired) electrons. The number of rotatable bonds is 5. The van der Waals surface area contributed by atoms with Gasteiger partial charge in [-0.2, -0.15) is 0 Å². The van der Waals surface area contributed by atoms with Gasteiger partial charge in [-0.3, -0.25) is 5.32 Å². The summed E-state index contributed by atoms with van der Waals surface area (Å²) in [5.74, 6) is -0.174. The van der Waals surface area contributed by atoms with Crippen LogP contribution in [0.2, 0.25) is 0 Å². The highest BCUT2D eigenvalue weighted by Gasteiger charge is 2.11. The fourth-order valence-electron chi connectivity index (χ4n) is 3.32. The van der Waals surface area contributed by atoms with Crippen molar-refractivity contribution in [2.45, 2.75) is 19.3 Å². The SMILES string of the molecule is O=C(NCCc1ccc2c(n1)NCCC2)Nc1cccc(-c2ccc(F)cc2F)n1. The Hall–Kier alpha value is -3.55. The first kappa shape index (κ1) is 19.8. The summed E-state index contributed by atoms with van der Waals surface area (Å²) < 4.78 is 27.1. The molecule has 3 heterocycles. The molecule has 0 aliphatic carbocycles. The third kappa shape index (κ3) is 4.71. The fourth-order valence-corrected chi connectivity index (χ4v) is 3.32. The first-order chi connectivity index (χ1) is 14.6. The van der Waals surface area contributed by atoms with E-state index in [2.05, 4.69) is 32.0 Å². The number of nitrogens with zero attached hydrogens (tertiary/aromatic N) is 2. The maximum atomic E-state index is 14.0. The highest BCUT2D eigenvalue weighted by Crippen LogP contribution is 2.23. The Balaban J connectivity index is 1.33. The zero-order valence-electron chi connectivity index (χ0n) is 16.2. The molecule has 3 aromatic rings. The molecule has 0 saturated carbocycles. The van der Waals surface area contributed by atoms with Crippen LogP contribution in [0.25, 0.3) is 11.3 Å². The summed E-state index contributed by atoms with van der Waals surface area (Å²) in [7, 11) is 0. The molecular weight excluding hydrogens is 388 g/mol. The van der Waals surface area contributed by atoms with E-state index in [0.717, 1.165) is 43.0 Å². The quantitative estimate of drug-likeness (QED) is 0.592. The van der Waals surface area contributed by atoms with Gasteiger partial charge in [-0.05, 0) is 48.7 Å². The molecule has 6 nitrogen and oxygen atoms in total. The van der Waals surface area contributed by atoms with Gasteiger partial charge in [0.05, 0.1) is 5.69 Å². The van der Waals surface area contributed by atoms with Crippen molar-refractivity contribution in [1.29, 1.82) is 0 Å². The highest BCUT2D eigenvalue weighted by molar-refractivity contribution is 5.88. The van der Waals surface area contributed by atoms with E-state index in [1.165, 1.54) is 11.6 Å². The molecule has 3 N–H and O–H groups in total. The third-order valence-corrected chi connectivity index (χ3v) is 4.82. The number of benzene rings is 1. The van der Waals surface area contributed by atoms with E-state index in [0.29, 0.717) is 18.7 Å². The summed E-state index contributed by atoms with van der Waals surface area (Å²) >= 11 is 0. The lowest BCUT2D eigenvalue weighted by atomic mass is 10.1. The first-order valence-electron chi connectivity index (χ1n) is 9.78. The van der Waals surface area contributed by atoms with Gasteiger partial charge in [-0.15, -0.1) is 0 Å². The van der Waals surface area contributed by atoms with Crippen LogP contribution in [0, 0.1) is 11.6 Å². The number of urea groups is 1. The van der Waals surface area contributed by atoms with Crippen LogP contribution in [-0.2, 0) is 12.8 Å². The van der Waals surface area contributed by atoms with Crippen molar-refractivity contribution < 1.29 is 13.6 Å². The van der Waals surface area contributed by atoms with Crippen molar-refractivity contribution in [2.75, 3.05) is 23.7 Å². The van der Waals surface area contributed by atoms with E-state index >= 15 is 0 Å². The minimum Gasteiger partial charge on any atom is -0.370 e. The van der Waals surface area contributed by atoms with Crippen LogP contribution in [0.3, 0.4) is 0 Å². The topological polar surface area (TPSA) is 78.9 Å². The highest BCUT2D eigenvalue weighted by atomic mass is 19.1. The maximum Gasteiger partial charge on any atom is 0.320 e. The predicted octanol–water partition coefficient (Wildman–Crippen LogP) is 4.14. The number of hydrogen-bond donors (Lipinski definition) is 3. The van der Waals surface area contributed by atoms with E-state index in [4.69, 9.17) is 0 Å². The normalized spacial score (nSPS) is 12.6. The summed E-state index contributed by atoms with van der Waals surface area (Å²) in [6, 6.07) is 11.8. The molecule has 0 spiro atoms. The number of nitrogens with one attached hydrogen (secondary N) is 3. The van der Waals surface area contributed by atoms with Gasteiger partial charge in [0.25, 0.3) is 0 Å². The number of carbonyl (C=O) groups excluding carboxylic acids is 1. The van der Waals surface area contributed by atoms with Crippen LogP contribution >= 0.6 is 0 Å². The lowest BCUT2D eigenvalue weighted by Crippen LogP contribution is -2.31. The van der Waals surface area contributed by atoms with Gasteiger partial charge in [-0.25, -0.2) is 23.5 Å². The Morgan fingerprint density at radius 3 is 2.87 bits per heavy atom. The molecule has 0 atom stereocenters. The Bertz CT molecular complexity index is 1070. The number of fused-ring (bicyclic) bond motifs is 1. The molecular formula is C22H21F2N5O. The van der Waals surface area contributed by atoms with Crippen molar-refractivity contribution >= 4 is 17.7 Å². The van der Waals surface area contributed by atoms with Crippen LogP contribution in [0.1, 0.15) is 17.7 Å². The predicted molar refractivity (Wildman–Crippen MR) is 111 cm³/mol. The van der Waals surface area contributed by atoms with Gasteiger partial charge >= 0.3 is 6.03 Å². The summed E-state index contributed by atoms with van der Waals surface area (Å²) in [6.07, 6.45) is 2.74. The molecule has 0 fully saturated rings. The molecule has 0 unspecified atom stereocenters. The number of anilines is 2. The Morgan fingerprint density at radius 2 is 2.00 bits per heavy atom. The molecule has 1 aliphatic rings.